The third-order valence-corrected chi connectivity index (χ3v) is 4.93. The first-order valence-corrected chi connectivity index (χ1v) is 7.90. The van der Waals surface area contributed by atoms with Crippen LogP contribution < -0.4 is 4.74 Å². The summed E-state index contributed by atoms with van der Waals surface area (Å²) >= 11 is 6.11. The van der Waals surface area contributed by atoms with Crippen LogP contribution in [0.25, 0.3) is 0 Å². The lowest BCUT2D eigenvalue weighted by molar-refractivity contribution is 0.0169. The van der Waals surface area contributed by atoms with E-state index < -0.39 is 5.60 Å². The summed E-state index contributed by atoms with van der Waals surface area (Å²) in [7, 11) is 1.64. The van der Waals surface area contributed by atoms with Gasteiger partial charge in [0.25, 0.3) is 0 Å². The van der Waals surface area contributed by atoms with E-state index in [0.717, 1.165) is 37.0 Å². The second kappa shape index (κ2) is 6.36. The van der Waals surface area contributed by atoms with Gasteiger partial charge in [-0.05, 0) is 55.7 Å². The van der Waals surface area contributed by atoms with Crippen LogP contribution in [-0.2, 0) is 5.60 Å². The number of hydrogen-bond donors (Lipinski definition) is 1. The molecule has 1 aromatic rings. The monoisotopic (exact) mass is 296 g/mol. The fourth-order valence-corrected chi connectivity index (χ4v) is 3.50. The summed E-state index contributed by atoms with van der Waals surface area (Å²) in [6.45, 7) is 4.55. The lowest BCUT2D eigenvalue weighted by Gasteiger charge is -2.29. The highest BCUT2D eigenvalue weighted by Crippen LogP contribution is 2.43. The van der Waals surface area contributed by atoms with Crippen LogP contribution in [0.5, 0.6) is 5.75 Å². The van der Waals surface area contributed by atoms with Crippen molar-refractivity contribution in [2.24, 2.45) is 11.8 Å². The summed E-state index contributed by atoms with van der Waals surface area (Å²) < 4.78 is 5.42. The Morgan fingerprint density at radius 2 is 2.05 bits per heavy atom. The Morgan fingerprint density at radius 1 is 1.30 bits per heavy atom. The first kappa shape index (κ1) is 15.7. The Kier molecular flexibility index (Phi) is 4.98. The van der Waals surface area contributed by atoms with E-state index in [-0.39, 0.29) is 0 Å². The number of hydrogen-bond acceptors (Lipinski definition) is 2. The molecule has 0 heterocycles. The van der Waals surface area contributed by atoms with Gasteiger partial charge >= 0.3 is 0 Å². The molecule has 1 N–H and O–H groups in total. The Labute approximate surface area is 127 Å². The quantitative estimate of drug-likeness (QED) is 0.814. The molecule has 0 saturated heterocycles. The van der Waals surface area contributed by atoms with Gasteiger partial charge in [0, 0.05) is 10.6 Å². The van der Waals surface area contributed by atoms with Crippen LogP contribution >= 0.6 is 11.6 Å². The minimum absolute atomic E-state index is 0.652. The molecule has 2 unspecified atom stereocenters. The van der Waals surface area contributed by atoms with Crippen molar-refractivity contribution < 1.29 is 9.84 Å². The van der Waals surface area contributed by atoms with Crippen LogP contribution in [0.4, 0.5) is 0 Å². The van der Waals surface area contributed by atoms with Crippen molar-refractivity contribution >= 4 is 11.6 Å². The highest BCUT2D eigenvalue weighted by atomic mass is 35.5. The molecule has 0 spiro atoms. The maximum atomic E-state index is 11.1. The zero-order valence-electron chi connectivity index (χ0n) is 12.7. The van der Waals surface area contributed by atoms with Crippen molar-refractivity contribution in [2.45, 2.75) is 51.6 Å². The molecule has 0 bridgehead atoms. The third kappa shape index (κ3) is 3.29. The smallest absolute Gasteiger partial charge is 0.125 e. The molecule has 1 aliphatic carbocycles. The van der Waals surface area contributed by atoms with E-state index in [2.05, 4.69) is 13.8 Å². The molecule has 112 valence electrons. The molecule has 1 fully saturated rings. The second-order valence-electron chi connectivity index (χ2n) is 6.31. The van der Waals surface area contributed by atoms with E-state index in [1.807, 2.05) is 12.1 Å². The van der Waals surface area contributed by atoms with Gasteiger partial charge in [0.1, 0.15) is 5.75 Å². The van der Waals surface area contributed by atoms with E-state index in [0.29, 0.717) is 16.9 Å². The lowest BCUT2D eigenvalue weighted by atomic mass is 9.84. The van der Waals surface area contributed by atoms with Crippen molar-refractivity contribution in [2.75, 3.05) is 7.11 Å². The fraction of sp³-hybridized carbons (Fsp3) is 0.647. The molecule has 20 heavy (non-hydrogen) atoms. The molecular weight excluding hydrogens is 272 g/mol. The van der Waals surface area contributed by atoms with Gasteiger partial charge in [-0.2, -0.15) is 0 Å². The van der Waals surface area contributed by atoms with Crippen molar-refractivity contribution in [3.63, 3.8) is 0 Å². The lowest BCUT2D eigenvalue weighted by Crippen LogP contribution is -2.25. The molecule has 3 heteroatoms. The number of methoxy groups -OCH3 is 1. The van der Waals surface area contributed by atoms with Crippen LogP contribution in [0.15, 0.2) is 18.2 Å². The Hall–Kier alpha value is -0.730. The number of rotatable bonds is 3. The minimum Gasteiger partial charge on any atom is -0.496 e. The van der Waals surface area contributed by atoms with E-state index in [1.54, 1.807) is 13.2 Å². The van der Waals surface area contributed by atoms with Gasteiger partial charge < -0.3 is 9.84 Å². The molecule has 1 saturated carbocycles. The number of benzene rings is 1. The summed E-state index contributed by atoms with van der Waals surface area (Å²) in [6.07, 6.45) is 4.88. The van der Waals surface area contributed by atoms with Crippen molar-refractivity contribution in [3.05, 3.63) is 28.8 Å². The van der Waals surface area contributed by atoms with Crippen LogP contribution in [0.1, 0.15) is 51.5 Å². The summed E-state index contributed by atoms with van der Waals surface area (Å²) in [5.74, 6) is 2.12. The molecular formula is C17H25ClO2. The Balaban J connectivity index is 2.28. The van der Waals surface area contributed by atoms with Crippen molar-refractivity contribution in [1.29, 1.82) is 0 Å². The maximum Gasteiger partial charge on any atom is 0.125 e. The molecule has 2 rings (SSSR count). The summed E-state index contributed by atoms with van der Waals surface area (Å²) in [4.78, 5) is 0. The first-order chi connectivity index (χ1) is 9.46. The molecule has 1 aliphatic rings. The van der Waals surface area contributed by atoms with Gasteiger partial charge in [0.05, 0.1) is 12.7 Å². The van der Waals surface area contributed by atoms with E-state index >= 15 is 0 Å². The molecule has 0 amide bonds. The summed E-state index contributed by atoms with van der Waals surface area (Å²) in [5, 5.41) is 11.8. The standard InChI is InChI=1S/C17H25ClO2/c1-12(2)13-5-4-9-17(19,10-8-13)15-11-14(18)6-7-16(15)20-3/h6-7,11-13,19H,4-5,8-10H2,1-3H3. The van der Waals surface area contributed by atoms with Crippen LogP contribution in [-0.4, -0.2) is 12.2 Å². The van der Waals surface area contributed by atoms with Gasteiger partial charge in [-0.3, -0.25) is 0 Å². The third-order valence-electron chi connectivity index (χ3n) is 4.70. The average Bonchev–Trinajstić information content (AvgIpc) is 2.62. The van der Waals surface area contributed by atoms with Crippen molar-refractivity contribution in [1.82, 2.24) is 0 Å². The zero-order valence-corrected chi connectivity index (χ0v) is 13.4. The van der Waals surface area contributed by atoms with Crippen LogP contribution in [0.3, 0.4) is 0 Å². The zero-order chi connectivity index (χ0) is 14.8. The molecule has 0 aliphatic heterocycles. The molecule has 2 nitrogen and oxygen atoms in total. The van der Waals surface area contributed by atoms with E-state index in [4.69, 9.17) is 16.3 Å². The van der Waals surface area contributed by atoms with Gasteiger partial charge in [0.15, 0.2) is 0 Å². The molecule has 0 radical (unpaired) electrons. The SMILES string of the molecule is COc1ccc(Cl)cc1C1(O)CCCC(C(C)C)CC1. The van der Waals surface area contributed by atoms with Crippen LogP contribution in [0, 0.1) is 11.8 Å². The van der Waals surface area contributed by atoms with Gasteiger partial charge in [-0.15, -0.1) is 0 Å². The maximum absolute atomic E-state index is 11.1. The molecule has 2 atom stereocenters. The first-order valence-electron chi connectivity index (χ1n) is 7.52. The Bertz CT molecular complexity index is 458. The topological polar surface area (TPSA) is 29.5 Å². The largest absolute Gasteiger partial charge is 0.496 e. The summed E-state index contributed by atoms with van der Waals surface area (Å²) in [6, 6.07) is 5.51. The average molecular weight is 297 g/mol. The Morgan fingerprint density at radius 3 is 2.70 bits per heavy atom. The van der Waals surface area contributed by atoms with Crippen molar-refractivity contribution in [3.8, 4) is 5.75 Å². The molecule has 1 aromatic carbocycles. The molecule has 0 aromatic heterocycles. The fourth-order valence-electron chi connectivity index (χ4n) is 3.33. The second-order valence-corrected chi connectivity index (χ2v) is 6.75. The van der Waals surface area contributed by atoms with E-state index in [1.165, 1.54) is 6.42 Å². The van der Waals surface area contributed by atoms with Gasteiger partial charge in [-0.1, -0.05) is 31.9 Å². The van der Waals surface area contributed by atoms with Gasteiger partial charge in [0.2, 0.25) is 0 Å². The highest BCUT2D eigenvalue weighted by Gasteiger charge is 2.35. The predicted octanol–water partition coefficient (Wildman–Crippen LogP) is 4.77. The van der Waals surface area contributed by atoms with E-state index in [9.17, 15) is 5.11 Å². The number of halogens is 1. The predicted molar refractivity (Wildman–Crippen MR) is 83.3 cm³/mol. The van der Waals surface area contributed by atoms with Gasteiger partial charge in [-0.25, -0.2) is 0 Å². The minimum atomic E-state index is -0.806. The van der Waals surface area contributed by atoms with Crippen LogP contribution in [0.2, 0.25) is 5.02 Å². The number of ether oxygens (including phenoxy) is 1. The number of aliphatic hydroxyl groups is 1. The normalized spacial score (nSPS) is 27.4. The summed E-state index contributed by atoms with van der Waals surface area (Å²) in [5.41, 5.74) is 0.0387. The highest BCUT2D eigenvalue weighted by molar-refractivity contribution is 6.30.